The van der Waals surface area contributed by atoms with E-state index in [0.717, 1.165) is 35.2 Å². The van der Waals surface area contributed by atoms with E-state index in [1.54, 1.807) is 18.2 Å². The molecule has 4 aromatic rings. The fourth-order valence-electron chi connectivity index (χ4n) is 5.36. The number of ether oxygens (including phenoxy) is 2. The Balaban J connectivity index is 1.69. The Morgan fingerprint density at radius 3 is 1.83 bits per heavy atom. The van der Waals surface area contributed by atoms with Crippen molar-refractivity contribution in [3.63, 3.8) is 0 Å². The minimum Gasteiger partial charge on any atom is -0.497 e. The Morgan fingerprint density at radius 2 is 1.30 bits per heavy atom. The van der Waals surface area contributed by atoms with E-state index in [2.05, 4.69) is 0 Å². The number of hydrogen-bond donors (Lipinski definition) is 0. The van der Waals surface area contributed by atoms with Gasteiger partial charge in [-0.25, -0.2) is 14.4 Å². The van der Waals surface area contributed by atoms with Gasteiger partial charge in [0, 0.05) is 18.3 Å². The van der Waals surface area contributed by atoms with Gasteiger partial charge in [-0.2, -0.15) is 30.9 Å². The molecule has 1 fully saturated rings. The van der Waals surface area contributed by atoms with Gasteiger partial charge in [-0.1, -0.05) is 12.1 Å². The Morgan fingerprint density at radius 1 is 0.783 bits per heavy atom. The number of carbonyl (C=O) groups is 1. The Labute approximate surface area is 256 Å². The van der Waals surface area contributed by atoms with E-state index in [4.69, 9.17) is 14.0 Å². The lowest BCUT2D eigenvalue weighted by Gasteiger charge is -2.34. The van der Waals surface area contributed by atoms with E-state index < -0.39 is 58.3 Å². The number of urea groups is 1. The van der Waals surface area contributed by atoms with Crippen LogP contribution in [0.5, 0.6) is 11.5 Å². The predicted octanol–water partition coefficient (Wildman–Crippen LogP) is 6.07. The Hall–Kier alpha value is -5.15. The summed E-state index contributed by atoms with van der Waals surface area (Å²) in [7, 11) is 2.83. The van der Waals surface area contributed by atoms with Crippen molar-refractivity contribution in [2.45, 2.75) is 44.4 Å². The molecule has 244 valence electrons. The summed E-state index contributed by atoms with van der Waals surface area (Å²) >= 11 is 0. The average Bonchev–Trinajstić information content (AvgIpc) is 3.39. The van der Waals surface area contributed by atoms with E-state index in [9.17, 15) is 40.7 Å². The number of methoxy groups -OCH3 is 2. The fourth-order valence-corrected chi connectivity index (χ4v) is 5.36. The van der Waals surface area contributed by atoms with Crippen LogP contribution in [0.15, 0.2) is 80.8 Å². The molecule has 0 aliphatic carbocycles. The Bertz CT molecular complexity index is 1890. The van der Waals surface area contributed by atoms with Crippen LogP contribution in [-0.2, 0) is 18.9 Å². The van der Waals surface area contributed by atoms with Gasteiger partial charge in [-0.15, -0.1) is 4.74 Å². The molecule has 2 amide bonds. The third-order valence-corrected chi connectivity index (χ3v) is 7.61. The molecule has 1 aliphatic heterocycles. The zero-order chi connectivity index (χ0) is 33.8. The molecule has 1 aromatic heterocycles. The van der Waals surface area contributed by atoms with Crippen LogP contribution in [0, 0.1) is 0 Å². The molecule has 10 nitrogen and oxygen atoms in total. The summed E-state index contributed by atoms with van der Waals surface area (Å²) in [5.74, 6) is -0.622. The number of nitrogens with zero attached hydrogens (tertiary/aromatic N) is 4. The van der Waals surface area contributed by atoms with Gasteiger partial charge in [0.1, 0.15) is 11.5 Å². The lowest BCUT2D eigenvalue weighted by atomic mass is 9.99. The number of alkyl halides is 6. The second-order valence-electron chi connectivity index (χ2n) is 10.9. The largest absolute Gasteiger partial charge is 0.497 e. The number of carbonyl (C=O) groups excluding carboxylic acids is 1. The minimum absolute atomic E-state index is 0.168. The Kier molecular flexibility index (Phi) is 7.95. The molecular formula is C30H26F6N4O6. The standard InChI is InChI=1S/C30H26F6N4O6/c1-28(2)24(40-26(42)39(27(43)46-40)21-10-6-8-19(14-21)30(34,35)36)38(20-9-5-7-18(13-20)29(31,32)33)25(41)37(28)16-17-11-22(44-3)15-23(12-17)45-4/h5-15,24H,16H2,1-4H3/t24-/m0/s1. The molecule has 3 aromatic carbocycles. The smallest absolute Gasteiger partial charge is 0.447 e. The first-order valence-electron chi connectivity index (χ1n) is 13.5. The summed E-state index contributed by atoms with van der Waals surface area (Å²) in [6, 6.07) is 11.1. The van der Waals surface area contributed by atoms with Gasteiger partial charge in [0.05, 0.1) is 36.6 Å². The quantitative estimate of drug-likeness (QED) is 0.225. The normalized spacial score (nSPS) is 16.7. The summed E-state index contributed by atoms with van der Waals surface area (Å²) in [5.41, 5.74) is -5.28. The van der Waals surface area contributed by atoms with Crippen LogP contribution in [0.25, 0.3) is 5.69 Å². The first-order valence-corrected chi connectivity index (χ1v) is 13.5. The van der Waals surface area contributed by atoms with Crippen LogP contribution in [0.3, 0.4) is 0 Å². The van der Waals surface area contributed by atoms with E-state index in [0.29, 0.717) is 38.5 Å². The van der Waals surface area contributed by atoms with Crippen molar-refractivity contribution in [3.05, 3.63) is 104 Å². The molecule has 46 heavy (non-hydrogen) atoms. The van der Waals surface area contributed by atoms with Crippen molar-refractivity contribution in [2.24, 2.45) is 0 Å². The highest BCUT2D eigenvalue weighted by Gasteiger charge is 2.55. The van der Waals surface area contributed by atoms with Gasteiger partial charge in [0.15, 0.2) is 6.17 Å². The second kappa shape index (κ2) is 11.3. The average molecular weight is 653 g/mol. The first-order chi connectivity index (χ1) is 21.5. The number of anilines is 1. The van der Waals surface area contributed by atoms with Crippen molar-refractivity contribution in [1.29, 1.82) is 0 Å². The summed E-state index contributed by atoms with van der Waals surface area (Å²) in [5, 5.41) is 0. The number of rotatable bonds is 7. The van der Waals surface area contributed by atoms with Crippen LogP contribution in [0.1, 0.15) is 36.7 Å². The van der Waals surface area contributed by atoms with Crippen molar-refractivity contribution in [1.82, 2.24) is 14.2 Å². The number of amides is 2. The molecule has 1 saturated heterocycles. The van der Waals surface area contributed by atoms with Gasteiger partial charge >= 0.3 is 29.8 Å². The SMILES string of the molecule is COc1cc(CN2C(=O)N(c3cccc(C(F)(F)F)c3)[C@@H](n3oc(=O)n(-c4cccc(C(F)(F)F)c4)c3=O)C2(C)C)cc(OC)c1. The predicted molar refractivity (Wildman–Crippen MR) is 151 cm³/mol. The third-order valence-electron chi connectivity index (χ3n) is 7.61. The van der Waals surface area contributed by atoms with E-state index in [-0.39, 0.29) is 12.2 Å². The zero-order valence-corrected chi connectivity index (χ0v) is 24.6. The van der Waals surface area contributed by atoms with Gasteiger partial charge in [0.2, 0.25) is 0 Å². The van der Waals surface area contributed by atoms with Crippen LogP contribution < -0.4 is 25.8 Å². The molecule has 0 bridgehead atoms. The highest BCUT2D eigenvalue weighted by atomic mass is 19.4. The third kappa shape index (κ3) is 5.70. The number of halogens is 6. The molecule has 5 rings (SSSR count). The number of hydrogen-bond acceptors (Lipinski definition) is 6. The van der Waals surface area contributed by atoms with Crippen LogP contribution >= 0.6 is 0 Å². The number of aromatic nitrogens is 2. The van der Waals surface area contributed by atoms with Crippen molar-refractivity contribution >= 4 is 11.7 Å². The monoisotopic (exact) mass is 652 g/mol. The van der Waals surface area contributed by atoms with Crippen molar-refractivity contribution in [2.75, 3.05) is 19.1 Å². The molecule has 16 heteroatoms. The molecular weight excluding hydrogens is 626 g/mol. The maximum atomic E-state index is 14.1. The minimum atomic E-state index is -4.80. The molecule has 1 aliphatic rings. The first kappa shape index (κ1) is 32.2. The van der Waals surface area contributed by atoms with Crippen LogP contribution in [0.2, 0.25) is 0 Å². The van der Waals surface area contributed by atoms with Gasteiger partial charge in [-0.05, 0) is 67.9 Å². The van der Waals surface area contributed by atoms with Crippen LogP contribution in [0.4, 0.5) is 36.8 Å². The maximum Gasteiger partial charge on any atom is 0.447 e. The van der Waals surface area contributed by atoms with Crippen molar-refractivity contribution < 1.29 is 45.1 Å². The molecule has 2 heterocycles. The highest BCUT2D eigenvalue weighted by molar-refractivity contribution is 5.95. The topological polar surface area (TPSA) is 99.1 Å². The molecule has 0 N–H and O–H groups in total. The van der Waals surface area contributed by atoms with E-state index in [1.807, 2.05) is 0 Å². The zero-order valence-electron chi connectivity index (χ0n) is 24.6. The van der Waals surface area contributed by atoms with Gasteiger partial charge < -0.3 is 18.9 Å². The molecule has 0 radical (unpaired) electrons. The molecule has 1 atom stereocenters. The van der Waals surface area contributed by atoms with E-state index >= 15 is 0 Å². The summed E-state index contributed by atoms with van der Waals surface area (Å²) in [6.45, 7) is 2.82. The molecule has 0 unspecified atom stereocenters. The van der Waals surface area contributed by atoms with E-state index in [1.165, 1.54) is 39.0 Å². The molecule has 0 saturated carbocycles. The lowest BCUT2D eigenvalue weighted by Crippen LogP contribution is -2.46. The summed E-state index contributed by atoms with van der Waals surface area (Å²) < 4.78 is 98.1. The molecule has 0 spiro atoms. The highest BCUT2D eigenvalue weighted by Crippen LogP contribution is 2.44. The van der Waals surface area contributed by atoms with Gasteiger partial charge in [0.25, 0.3) is 0 Å². The summed E-state index contributed by atoms with van der Waals surface area (Å²) in [4.78, 5) is 43.0. The van der Waals surface area contributed by atoms with Gasteiger partial charge in [-0.3, -0.25) is 4.90 Å². The van der Waals surface area contributed by atoms with Crippen LogP contribution in [-0.4, -0.2) is 40.0 Å². The maximum absolute atomic E-state index is 14.1. The fraction of sp³-hybridized carbons (Fsp3) is 0.300. The van der Waals surface area contributed by atoms with Crippen molar-refractivity contribution in [3.8, 4) is 17.2 Å². The lowest BCUT2D eigenvalue weighted by molar-refractivity contribution is -0.138. The second-order valence-corrected chi connectivity index (χ2v) is 10.9. The number of benzene rings is 3. The summed E-state index contributed by atoms with van der Waals surface area (Å²) in [6.07, 6.45) is -11.2.